The molecule has 0 spiro atoms. The maximum absolute atomic E-state index is 13.1. The average molecular weight is 254 g/mol. The van der Waals surface area contributed by atoms with E-state index in [1.807, 2.05) is 0 Å². The van der Waals surface area contributed by atoms with E-state index in [-0.39, 0.29) is 18.0 Å². The van der Waals surface area contributed by atoms with Crippen molar-refractivity contribution < 1.29 is 13.6 Å². The molecular formula is C13H16F2N2O. The van der Waals surface area contributed by atoms with Gasteiger partial charge in [-0.25, -0.2) is 8.78 Å². The lowest BCUT2D eigenvalue weighted by Crippen LogP contribution is -2.41. The van der Waals surface area contributed by atoms with Gasteiger partial charge in [-0.2, -0.15) is 0 Å². The second-order valence-corrected chi connectivity index (χ2v) is 4.55. The summed E-state index contributed by atoms with van der Waals surface area (Å²) in [4.78, 5) is 11.8. The van der Waals surface area contributed by atoms with Gasteiger partial charge in [-0.15, -0.1) is 0 Å². The molecule has 5 heteroatoms. The fourth-order valence-corrected chi connectivity index (χ4v) is 2.09. The Labute approximate surface area is 105 Å². The van der Waals surface area contributed by atoms with Crippen molar-refractivity contribution in [3.63, 3.8) is 0 Å². The summed E-state index contributed by atoms with van der Waals surface area (Å²) >= 11 is 0. The number of hydrogen-bond donors (Lipinski definition) is 2. The molecular weight excluding hydrogens is 238 g/mol. The Morgan fingerprint density at radius 3 is 2.83 bits per heavy atom. The molecule has 1 fully saturated rings. The van der Waals surface area contributed by atoms with Gasteiger partial charge in [-0.3, -0.25) is 4.79 Å². The van der Waals surface area contributed by atoms with E-state index >= 15 is 0 Å². The Balaban J connectivity index is 2.00. The normalized spacial score (nSPS) is 20.7. The van der Waals surface area contributed by atoms with Crippen LogP contribution in [0.15, 0.2) is 18.2 Å². The van der Waals surface area contributed by atoms with Crippen LogP contribution in [0.3, 0.4) is 0 Å². The summed E-state index contributed by atoms with van der Waals surface area (Å²) in [5.74, 6) is -1.87. The number of carbonyl (C=O) groups is 1. The second-order valence-electron chi connectivity index (χ2n) is 4.55. The fourth-order valence-electron chi connectivity index (χ4n) is 2.09. The smallest absolute Gasteiger partial charge is 0.237 e. The van der Waals surface area contributed by atoms with Crippen molar-refractivity contribution >= 4 is 5.91 Å². The summed E-state index contributed by atoms with van der Waals surface area (Å²) in [6.45, 7) is 2.59. The quantitative estimate of drug-likeness (QED) is 0.865. The van der Waals surface area contributed by atoms with E-state index in [0.717, 1.165) is 31.5 Å². The fraction of sp³-hybridized carbons (Fsp3) is 0.462. The predicted octanol–water partition coefficient (Wildman–Crippen LogP) is 1.89. The summed E-state index contributed by atoms with van der Waals surface area (Å²) in [6.07, 6.45) is 1.80. The van der Waals surface area contributed by atoms with Crippen LogP contribution in [-0.4, -0.2) is 18.5 Å². The third kappa shape index (κ3) is 2.85. The maximum Gasteiger partial charge on any atom is 0.237 e. The number of benzene rings is 1. The number of carbonyl (C=O) groups excluding carboxylic acids is 1. The number of hydrogen-bond acceptors (Lipinski definition) is 2. The first-order valence-electron chi connectivity index (χ1n) is 6.06. The molecule has 1 unspecified atom stereocenters. The van der Waals surface area contributed by atoms with Crippen LogP contribution in [0, 0.1) is 11.6 Å². The Kier molecular flexibility index (Phi) is 3.91. The number of halogens is 2. The molecule has 0 saturated carbocycles. The number of nitrogens with one attached hydrogen (secondary N) is 2. The van der Waals surface area contributed by atoms with Gasteiger partial charge >= 0.3 is 0 Å². The minimum Gasteiger partial charge on any atom is -0.348 e. The Morgan fingerprint density at radius 1 is 1.44 bits per heavy atom. The Morgan fingerprint density at radius 2 is 2.22 bits per heavy atom. The SMILES string of the molecule is CC(NC(=O)[C@H]1CCCN1)c1ccc(F)c(F)c1. The zero-order valence-electron chi connectivity index (χ0n) is 10.2. The first kappa shape index (κ1) is 13.0. The molecule has 2 rings (SSSR count). The molecule has 1 heterocycles. The summed E-state index contributed by atoms with van der Waals surface area (Å²) in [5.41, 5.74) is 0.556. The summed E-state index contributed by atoms with van der Waals surface area (Å²) in [5, 5.41) is 5.88. The second kappa shape index (κ2) is 5.44. The minimum atomic E-state index is -0.896. The van der Waals surface area contributed by atoms with Crippen LogP contribution in [-0.2, 0) is 4.79 Å². The van der Waals surface area contributed by atoms with Gasteiger partial charge in [0, 0.05) is 0 Å². The molecule has 0 radical (unpaired) electrons. The van der Waals surface area contributed by atoms with E-state index in [4.69, 9.17) is 0 Å². The molecule has 1 aliphatic heterocycles. The maximum atomic E-state index is 13.1. The van der Waals surface area contributed by atoms with E-state index in [1.54, 1.807) is 6.92 Å². The summed E-state index contributed by atoms with van der Waals surface area (Å²) < 4.78 is 25.9. The first-order chi connectivity index (χ1) is 8.58. The molecule has 98 valence electrons. The molecule has 0 bridgehead atoms. The van der Waals surface area contributed by atoms with Crippen molar-refractivity contribution in [3.8, 4) is 0 Å². The highest BCUT2D eigenvalue weighted by molar-refractivity contribution is 5.82. The van der Waals surface area contributed by atoms with E-state index in [1.165, 1.54) is 6.07 Å². The lowest BCUT2D eigenvalue weighted by Gasteiger charge is -2.17. The van der Waals surface area contributed by atoms with Crippen LogP contribution >= 0.6 is 0 Å². The molecule has 18 heavy (non-hydrogen) atoms. The highest BCUT2D eigenvalue weighted by atomic mass is 19.2. The number of amides is 1. The lowest BCUT2D eigenvalue weighted by molar-refractivity contribution is -0.123. The molecule has 1 aliphatic rings. The molecule has 1 saturated heterocycles. The summed E-state index contributed by atoms with van der Waals surface area (Å²) in [6, 6.07) is 3.15. The Hall–Kier alpha value is -1.49. The van der Waals surface area contributed by atoms with Gasteiger partial charge in [0.05, 0.1) is 12.1 Å². The molecule has 2 atom stereocenters. The van der Waals surface area contributed by atoms with Crippen molar-refractivity contribution in [3.05, 3.63) is 35.4 Å². The first-order valence-corrected chi connectivity index (χ1v) is 6.06. The lowest BCUT2D eigenvalue weighted by atomic mass is 10.1. The highest BCUT2D eigenvalue weighted by Gasteiger charge is 2.23. The summed E-state index contributed by atoms with van der Waals surface area (Å²) in [7, 11) is 0. The van der Waals surface area contributed by atoms with Gasteiger partial charge < -0.3 is 10.6 Å². The van der Waals surface area contributed by atoms with Gasteiger partial charge in [0.15, 0.2) is 11.6 Å². The molecule has 1 aromatic rings. The van der Waals surface area contributed by atoms with Crippen LogP contribution in [0.5, 0.6) is 0 Å². The third-order valence-corrected chi connectivity index (χ3v) is 3.18. The molecule has 1 aromatic carbocycles. The number of rotatable bonds is 3. The van der Waals surface area contributed by atoms with Gasteiger partial charge in [0.25, 0.3) is 0 Å². The third-order valence-electron chi connectivity index (χ3n) is 3.18. The molecule has 2 N–H and O–H groups in total. The van der Waals surface area contributed by atoms with Crippen molar-refractivity contribution in [2.45, 2.75) is 31.8 Å². The highest BCUT2D eigenvalue weighted by Crippen LogP contribution is 2.16. The zero-order chi connectivity index (χ0) is 13.1. The van der Waals surface area contributed by atoms with E-state index in [2.05, 4.69) is 10.6 Å². The van der Waals surface area contributed by atoms with Crippen LogP contribution in [0.1, 0.15) is 31.4 Å². The van der Waals surface area contributed by atoms with E-state index < -0.39 is 11.6 Å². The van der Waals surface area contributed by atoms with Crippen LogP contribution < -0.4 is 10.6 Å². The minimum absolute atomic E-state index is 0.0928. The van der Waals surface area contributed by atoms with Crippen LogP contribution in [0.4, 0.5) is 8.78 Å². The van der Waals surface area contributed by atoms with Crippen molar-refractivity contribution in [2.75, 3.05) is 6.54 Å². The van der Waals surface area contributed by atoms with Crippen molar-refractivity contribution in [2.24, 2.45) is 0 Å². The van der Waals surface area contributed by atoms with Gasteiger partial charge in [0.2, 0.25) is 5.91 Å². The standard InChI is InChI=1S/C13H16F2N2O/c1-8(9-4-5-10(14)11(15)7-9)17-13(18)12-3-2-6-16-12/h4-5,7-8,12,16H,2-3,6H2,1H3,(H,17,18)/t8?,12-/m1/s1. The van der Waals surface area contributed by atoms with Crippen molar-refractivity contribution in [1.29, 1.82) is 0 Å². The topological polar surface area (TPSA) is 41.1 Å². The van der Waals surface area contributed by atoms with Crippen LogP contribution in [0.2, 0.25) is 0 Å². The predicted molar refractivity (Wildman–Crippen MR) is 63.9 cm³/mol. The van der Waals surface area contributed by atoms with Gasteiger partial charge in [0.1, 0.15) is 0 Å². The molecule has 1 amide bonds. The molecule has 0 aliphatic carbocycles. The van der Waals surface area contributed by atoms with Crippen LogP contribution in [0.25, 0.3) is 0 Å². The van der Waals surface area contributed by atoms with E-state index in [9.17, 15) is 13.6 Å². The van der Waals surface area contributed by atoms with Gasteiger partial charge in [-0.1, -0.05) is 6.07 Å². The average Bonchev–Trinajstić information content (AvgIpc) is 2.86. The molecule has 0 aromatic heterocycles. The Bertz CT molecular complexity index is 445. The largest absolute Gasteiger partial charge is 0.348 e. The molecule has 3 nitrogen and oxygen atoms in total. The van der Waals surface area contributed by atoms with Gasteiger partial charge in [-0.05, 0) is 44.0 Å². The zero-order valence-corrected chi connectivity index (χ0v) is 10.2. The monoisotopic (exact) mass is 254 g/mol. The van der Waals surface area contributed by atoms with E-state index in [0.29, 0.717) is 5.56 Å². The van der Waals surface area contributed by atoms with Crippen molar-refractivity contribution in [1.82, 2.24) is 10.6 Å².